The number of hydrogen-bond donors (Lipinski definition) is 1. The van der Waals surface area contributed by atoms with Gasteiger partial charge in [-0.05, 0) is 32.4 Å². The minimum absolute atomic E-state index is 0.0269. The first-order chi connectivity index (χ1) is 9.73. The minimum atomic E-state index is -3.50. The number of pyridine rings is 1. The Labute approximate surface area is 122 Å². The molecule has 0 saturated heterocycles. The van der Waals surface area contributed by atoms with Gasteiger partial charge >= 0.3 is 5.97 Å². The molecule has 8 heteroatoms. The smallest absolute Gasteiger partial charge is 0.354 e. The number of carboxylic acid groups (broad SMARTS) is 1. The lowest BCUT2D eigenvalue weighted by molar-refractivity contribution is 0.0689. The molecule has 0 atom stereocenters. The van der Waals surface area contributed by atoms with Gasteiger partial charge in [0.1, 0.15) is 0 Å². The van der Waals surface area contributed by atoms with Crippen molar-refractivity contribution in [2.24, 2.45) is 0 Å². The van der Waals surface area contributed by atoms with E-state index in [0.29, 0.717) is 16.7 Å². The second kappa shape index (κ2) is 5.28. The maximum atomic E-state index is 12.0. The molecule has 7 nitrogen and oxygen atoms in total. The number of hydrogen-bond acceptors (Lipinski definition) is 5. The number of rotatable bonds is 4. The van der Waals surface area contributed by atoms with Crippen molar-refractivity contribution in [1.82, 2.24) is 14.2 Å². The minimum Gasteiger partial charge on any atom is -0.477 e. The molecule has 0 amide bonds. The molecule has 0 aliphatic carbocycles. The number of aromatic carboxylic acids is 1. The Morgan fingerprint density at radius 2 is 1.95 bits per heavy atom. The summed E-state index contributed by atoms with van der Waals surface area (Å²) in [6, 6.07) is 1.64. The fourth-order valence-corrected chi connectivity index (χ4v) is 2.64. The number of aryl methyl sites for hydroxylation is 1. The van der Waals surface area contributed by atoms with E-state index in [9.17, 15) is 13.2 Å². The molecule has 0 spiro atoms. The lowest BCUT2D eigenvalue weighted by atomic mass is 10.1. The van der Waals surface area contributed by atoms with E-state index in [-0.39, 0.29) is 5.69 Å². The van der Waals surface area contributed by atoms with Crippen LogP contribution < -0.4 is 0 Å². The molecule has 112 valence electrons. The van der Waals surface area contributed by atoms with Crippen molar-refractivity contribution in [3.63, 3.8) is 0 Å². The van der Waals surface area contributed by atoms with Gasteiger partial charge in [0.05, 0.1) is 17.6 Å². The van der Waals surface area contributed by atoms with Crippen LogP contribution >= 0.6 is 0 Å². The molecule has 0 aromatic carbocycles. The van der Waals surface area contributed by atoms with Crippen LogP contribution in [0.5, 0.6) is 0 Å². The maximum Gasteiger partial charge on any atom is 0.354 e. The van der Waals surface area contributed by atoms with Gasteiger partial charge in [0.15, 0.2) is 5.69 Å². The van der Waals surface area contributed by atoms with Gasteiger partial charge in [-0.15, -0.1) is 0 Å². The predicted molar refractivity (Wildman–Crippen MR) is 76.6 cm³/mol. The zero-order chi connectivity index (χ0) is 15.8. The van der Waals surface area contributed by atoms with Crippen molar-refractivity contribution in [2.75, 3.05) is 0 Å². The third-order valence-electron chi connectivity index (χ3n) is 3.03. The first kappa shape index (κ1) is 15.2. The van der Waals surface area contributed by atoms with Gasteiger partial charge < -0.3 is 5.11 Å². The van der Waals surface area contributed by atoms with Gasteiger partial charge in [0.2, 0.25) is 0 Å². The highest BCUT2D eigenvalue weighted by atomic mass is 32.2. The SMILES string of the molecule is Cc1cc(-c2cnn(S(=O)(=O)C(C)C)c2)cnc1C(=O)O. The Balaban J connectivity index is 2.44. The highest BCUT2D eigenvalue weighted by Crippen LogP contribution is 2.21. The second-order valence-electron chi connectivity index (χ2n) is 4.89. The van der Waals surface area contributed by atoms with Crippen molar-refractivity contribution in [1.29, 1.82) is 0 Å². The van der Waals surface area contributed by atoms with Crippen LogP contribution in [0.25, 0.3) is 11.1 Å². The van der Waals surface area contributed by atoms with Crippen LogP contribution in [0, 0.1) is 6.92 Å². The fraction of sp³-hybridized carbons (Fsp3) is 0.308. The number of nitrogens with zero attached hydrogens (tertiary/aromatic N) is 3. The van der Waals surface area contributed by atoms with E-state index in [2.05, 4.69) is 10.1 Å². The summed E-state index contributed by atoms with van der Waals surface area (Å²) < 4.78 is 24.9. The van der Waals surface area contributed by atoms with Crippen molar-refractivity contribution in [3.05, 3.63) is 35.9 Å². The monoisotopic (exact) mass is 309 g/mol. The van der Waals surface area contributed by atoms with E-state index in [4.69, 9.17) is 5.11 Å². The molecular weight excluding hydrogens is 294 g/mol. The van der Waals surface area contributed by atoms with E-state index in [1.54, 1.807) is 26.8 Å². The van der Waals surface area contributed by atoms with E-state index in [1.165, 1.54) is 18.6 Å². The number of carbonyl (C=O) groups is 1. The van der Waals surface area contributed by atoms with Gasteiger partial charge in [0.25, 0.3) is 10.0 Å². The highest BCUT2D eigenvalue weighted by molar-refractivity contribution is 7.90. The van der Waals surface area contributed by atoms with Crippen molar-refractivity contribution in [3.8, 4) is 11.1 Å². The third-order valence-corrected chi connectivity index (χ3v) is 4.94. The Hall–Kier alpha value is -2.22. The first-order valence-corrected chi connectivity index (χ1v) is 7.73. The van der Waals surface area contributed by atoms with Crippen LogP contribution in [0.4, 0.5) is 0 Å². The molecule has 2 rings (SSSR count). The zero-order valence-corrected chi connectivity index (χ0v) is 12.6. The molecule has 0 radical (unpaired) electrons. The third kappa shape index (κ3) is 2.80. The molecule has 21 heavy (non-hydrogen) atoms. The molecule has 2 aromatic rings. The normalized spacial score (nSPS) is 11.8. The summed E-state index contributed by atoms with van der Waals surface area (Å²) in [7, 11) is -3.50. The van der Waals surface area contributed by atoms with Crippen molar-refractivity contribution in [2.45, 2.75) is 26.0 Å². The molecule has 0 fully saturated rings. The van der Waals surface area contributed by atoms with Crippen molar-refractivity contribution >= 4 is 16.0 Å². The Morgan fingerprint density at radius 1 is 1.29 bits per heavy atom. The van der Waals surface area contributed by atoms with Crippen LogP contribution in [0.3, 0.4) is 0 Å². The quantitative estimate of drug-likeness (QED) is 0.919. The molecule has 0 saturated carbocycles. The van der Waals surface area contributed by atoms with Crippen LogP contribution in [0.1, 0.15) is 29.9 Å². The van der Waals surface area contributed by atoms with Gasteiger partial charge in [-0.2, -0.15) is 9.19 Å². The topological polar surface area (TPSA) is 102 Å². The van der Waals surface area contributed by atoms with Crippen LogP contribution in [0.2, 0.25) is 0 Å². The molecule has 1 N–H and O–H groups in total. The average Bonchev–Trinajstić information content (AvgIpc) is 2.88. The van der Waals surface area contributed by atoms with Crippen LogP contribution in [-0.2, 0) is 10.0 Å². The van der Waals surface area contributed by atoms with E-state index in [1.807, 2.05) is 0 Å². The molecule has 0 bridgehead atoms. The van der Waals surface area contributed by atoms with Gasteiger partial charge in [0, 0.05) is 17.3 Å². The first-order valence-electron chi connectivity index (χ1n) is 6.23. The largest absolute Gasteiger partial charge is 0.477 e. The Morgan fingerprint density at radius 3 is 2.48 bits per heavy atom. The number of carboxylic acids is 1. The molecule has 0 aliphatic heterocycles. The molecular formula is C13H15N3O4S. The second-order valence-corrected chi connectivity index (χ2v) is 7.24. The zero-order valence-electron chi connectivity index (χ0n) is 11.8. The van der Waals surface area contributed by atoms with Crippen LogP contribution in [0.15, 0.2) is 24.7 Å². The van der Waals surface area contributed by atoms with Gasteiger partial charge in [-0.25, -0.2) is 18.2 Å². The van der Waals surface area contributed by atoms with E-state index < -0.39 is 21.2 Å². The number of aromatic nitrogens is 3. The lowest BCUT2D eigenvalue weighted by Crippen LogP contribution is -2.22. The summed E-state index contributed by atoms with van der Waals surface area (Å²) in [5.74, 6) is -1.10. The molecule has 0 aliphatic rings. The van der Waals surface area contributed by atoms with E-state index in [0.717, 1.165) is 4.09 Å². The summed E-state index contributed by atoms with van der Waals surface area (Å²) in [4.78, 5) is 14.8. The average molecular weight is 309 g/mol. The fourth-order valence-electron chi connectivity index (χ4n) is 1.77. The van der Waals surface area contributed by atoms with E-state index >= 15 is 0 Å². The molecule has 2 aromatic heterocycles. The Kier molecular flexibility index (Phi) is 3.82. The summed E-state index contributed by atoms with van der Waals surface area (Å²) in [5, 5.41) is 12.2. The predicted octanol–water partition coefficient (Wildman–Crippen LogP) is 1.54. The standard InChI is InChI=1S/C13H15N3O4S/c1-8(2)21(19,20)16-7-11(6-15-16)10-4-9(3)12(13(17)18)14-5-10/h4-8H,1-3H3,(H,17,18). The highest BCUT2D eigenvalue weighted by Gasteiger charge is 2.20. The summed E-state index contributed by atoms with van der Waals surface area (Å²) >= 11 is 0. The van der Waals surface area contributed by atoms with Crippen molar-refractivity contribution < 1.29 is 18.3 Å². The van der Waals surface area contributed by atoms with Crippen LogP contribution in [-0.4, -0.2) is 38.9 Å². The maximum absolute atomic E-state index is 12.0. The summed E-state index contributed by atoms with van der Waals surface area (Å²) in [6.45, 7) is 4.78. The molecule has 0 unspecified atom stereocenters. The Bertz CT molecular complexity index is 793. The summed E-state index contributed by atoms with van der Waals surface area (Å²) in [6.07, 6.45) is 4.20. The van der Waals surface area contributed by atoms with Gasteiger partial charge in [-0.3, -0.25) is 0 Å². The van der Waals surface area contributed by atoms with Gasteiger partial charge in [-0.1, -0.05) is 0 Å². The lowest BCUT2D eigenvalue weighted by Gasteiger charge is -2.06. The summed E-state index contributed by atoms with van der Waals surface area (Å²) in [5.41, 5.74) is 1.65. The molecule has 2 heterocycles.